The van der Waals surface area contributed by atoms with Gasteiger partial charge in [-0.1, -0.05) is 24.3 Å². The Kier molecular flexibility index (Phi) is 7.78. The Labute approximate surface area is 204 Å². The van der Waals surface area contributed by atoms with E-state index in [9.17, 15) is 0 Å². The Morgan fingerprint density at radius 3 is 1.06 bits per heavy atom. The molecule has 4 nitrogen and oxygen atoms in total. The average Bonchev–Trinajstić information content (AvgIpc) is 2.76. The largest absolute Gasteiger partial charge is 0.227 e. The second-order valence-electron chi connectivity index (χ2n) is 7.25. The number of aryl methyl sites for hydroxylation is 4. The smallest absolute Gasteiger partial charge is 0.199 e. The van der Waals surface area contributed by atoms with Crippen LogP contribution < -0.4 is 0 Å². The lowest BCUT2D eigenvalue weighted by molar-refractivity contribution is 0.906. The number of hydrogen-bond donors (Lipinski definition) is 0. The third-order valence-corrected chi connectivity index (χ3v) is 8.70. The molecule has 0 saturated carbocycles. The molecular weight excluding hydrogens is 473 g/mol. The van der Waals surface area contributed by atoms with E-state index in [0.717, 1.165) is 33.1 Å². The van der Waals surface area contributed by atoms with E-state index in [2.05, 4.69) is 68.5 Å². The first kappa shape index (κ1) is 23.2. The highest BCUT2D eigenvalue weighted by Crippen LogP contribution is 2.38. The fourth-order valence-corrected chi connectivity index (χ4v) is 6.74. The van der Waals surface area contributed by atoms with Crippen molar-refractivity contribution in [2.24, 2.45) is 0 Å². The van der Waals surface area contributed by atoms with Crippen LogP contribution in [0.15, 0.2) is 80.8 Å². The summed E-state index contributed by atoms with van der Waals surface area (Å²) >= 11 is 0. The van der Waals surface area contributed by atoms with Gasteiger partial charge in [0.2, 0.25) is 0 Å². The van der Waals surface area contributed by atoms with Crippen LogP contribution in [0.1, 0.15) is 22.8 Å². The highest BCUT2D eigenvalue weighted by Gasteiger charge is 2.06. The predicted octanol–water partition coefficient (Wildman–Crippen LogP) is 7.77. The Bertz CT molecular complexity index is 1070. The topological polar surface area (TPSA) is 51.6 Å². The summed E-state index contributed by atoms with van der Waals surface area (Å²) in [7, 11) is 6.53. The van der Waals surface area contributed by atoms with E-state index in [1.165, 1.54) is 20.9 Å². The second kappa shape index (κ2) is 10.7. The molecule has 0 atom stereocenters. The zero-order valence-electron chi connectivity index (χ0n) is 18.2. The highest BCUT2D eigenvalue weighted by atomic mass is 33.1. The van der Waals surface area contributed by atoms with Crippen LogP contribution in [0.5, 0.6) is 0 Å². The van der Waals surface area contributed by atoms with E-state index in [-0.39, 0.29) is 0 Å². The first-order chi connectivity index (χ1) is 15.4. The van der Waals surface area contributed by atoms with Gasteiger partial charge >= 0.3 is 0 Å². The van der Waals surface area contributed by atoms with Crippen molar-refractivity contribution in [1.82, 2.24) is 19.9 Å². The molecule has 8 heteroatoms. The van der Waals surface area contributed by atoms with Crippen LogP contribution in [0.4, 0.5) is 0 Å². The Morgan fingerprint density at radius 2 is 0.750 bits per heavy atom. The Morgan fingerprint density at radius 1 is 0.438 bits per heavy atom. The zero-order chi connectivity index (χ0) is 22.5. The van der Waals surface area contributed by atoms with E-state index >= 15 is 0 Å². The molecule has 0 aliphatic rings. The highest BCUT2D eigenvalue weighted by molar-refractivity contribution is 8.77. The molecule has 4 aromatic rings. The van der Waals surface area contributed by atoms with E-state index in [0.29, 0.717) is 0 Å². The molecule has 32 heavy (non-hydrogen) atoms. The van der Waals surface area contributed by atoms with Gasteiger partial charge in [0.05, 0.1) is 0 Å². The molecule has 2 aromatic heterocycles. The van der Waals surface area contributed by atoms with Crippen molar-refractivity contribution < 1.29 is 0 Å². The van der Waals surface area contributed by atoms with Crippen LogP contribution in [0, 0.1) is 27.7 Å². The molecular formula is C24H22N4S4. The number of aromatic nitrogens is 4. The Hall–Kier alpha value is -2.00. The maximum Gasteiger partial charge on any atom is 0.199 e. The van der Waals surface area contributed by atoms with E-state index in [1.807, 2.05) is 39.8 Å². The van der Waals surface area contributed by atoms with Crippen LogP contribution in [0.25, 0.3) is 11.1 Å². The van der Waals surface area contributed by atoms with Gasteiger partial charge in [0.15, 0.2) is 10.3 Å². The van der Waals surface area contributed by atoms with Crippen molar-refractivity contribution in [2.75, 3.05) is 0 Å². The lowest BCUT2D eigenvalue weighted by Crippen LogP contribution is -1.91. The SMILES string of the molecule is Cc1cc(C)nc(SSc2ccc(-c3ccc(SSc4nc(C)cc(C)n4)cc3)cc2)n1. The van der Waals surface area contributed by atoms with Gasteiger partial charge in [-0.3, -0.25) is 0 Å². The molecule has 4 rings (SSSR count). The van der Waals surface area contributed by atoms with Gasteiger partial charge in [0, 0.05) is 32.6 Å². The van der Waals surface area contributed by atoms with Crippen molar-refractivity contribution in [3.05, 3.63) is 83.4 Å². The average molecular weight is 495 g/mol. The first-order valence-corrected chi connectivity index (χ1v) is 14.3. The lowest BCUT2D eigenvalue weighted by atomic mass is 10.1. The van der Waals surface area contributed by atoms with Gasteiger partial charge < -0.3 is 0 Å². The summed E-state index contributed by atoms with van der Waals surface area (Å²) in [4.78, 5) is 20.3. The van der Waals surface area contributed by atoms with Crippen LogP contribution in [0.2, 0.25) is 0 Å². The van der Waals surface area contributed by atoms with E-state index < -0.39 is 0 Å². The Balaban J connectivity index is 1.35. The minimum Gasteiger partial charge on any atom is -0.227 e. The molecule has 0 radical (unpaired) electrons. The van der Waals surface area contributed by atoms with Gasteiger partial charge in [-0.2, -0.15) is 0 Å². The van der Waals surface area contributed by atoms with Crippen LogP contribution in [0.3, 0.4) is 0 Å². The fourth-order valence-electron chi connectivity index (χ4n) is 3.04. The summed E-state index contributed by atoms with van der Waals surface area (Å²) in [5, 5.41) is 1.60. The molecule has 0 aliphatic carbocycles. The maximum atomic E-state index is 4.48. The quantitative estimate of drug-likeness (QED) is 0.191. The summed E-state index contributed by atoms with van der Waals surface area (Å²) in [5.74, 6) is 0. The normalized spacial score (nSPS) is 11.0. The van der Waals surface area contributed by atoms with Crippen LogP contribution in [-0.2, 0) is 0 Å². The van der Waals surface area contributed by atoms with Crippen molar-refractivity contribution >= 4 is 43.2 Å². The molecule has 0 amide bonds. The van der Waals surface area contributed by atoms with Crippen molar-refractivity contribution in [3.63, 3.8) is 0 Å². The molecule has 0 aliphatic heterocycles. The third-order valence-electron chi connectivity index (χ3n) is 4.39. The maximum absolute atomic E-state index is 4.48. The zero-order valence-corrected chi connectivity index (χ0v) is 21.5. The molecule has 0 unspecified atom stereocenters. The van der Waals surface area contributed by atoms with Gasteiger partial charge in [-0.15, -0.1) is 0 Å². The molecule has 0 N–H and O–H groups in total. The van der Waals surface area contributed by atoms with E-state index in [4.69, 9.17) is 0 Å². The number of hydrogen-bond acceptors (Lipinski definition) is 8. The monoisotopic (exact) mass is 494 g/mol. The lowest BCUT2D eigenvalue weighted by Gasteiger charge is -2.06. The molecule has 0 bridgehead atoms. The van der Waals surface area contributed by atoms with Gasteiger partial charge in [-0.25, -0.2) is 19.9 Å². The summed E-state index contributed by atoms with van der Waals surface area (Å²) in [6, 6.07) is 21.2. The molecule has 2 aromatic carbocycles. The van der Waals surface area contributed by atoms with E-state index in [1.54, 1.807) is 43.2 Å². The molecule has 162 valence electrons. The van der Waals surface area contributed by atoms with Gasteiger partial charge in [0.25, 0.3) is 0 Å². The number of rotatable bonds is 7. The fraction of sp³-hybridized carbons (Fsp3) is 0.167. The van der Waals surface area contributed by atoms with Crippen LogP contribution in [-0.4, -0.2) is 19.9 Å². The third kappa shape index (κ3) is 6.51. The van der Waals surface area contributed by atoms with Gasteiger partial charge in [-0.05, 0) is 118 Å². The minimum atomic E-state index is 0.800. The van der Waals surface area contributed by atoms with Crippen LogP contribution >= 0.6 is 43.2 Å². The number of benzene rings is 2. The summed E-state index contributed by atoms with van der Waals surface area (Å²) < 4.78 is 0. The second-order valence-corrected chi connectivity index (χ2v) is 11.6. The molecule has 0 saturated heterocycles. The van der Waals surface area contributed by atoms with Crippen molar-refractivity contribution in [2.45, 2.75) is 47.8 Å². The predicted molar refractivity (Wildman–Crippen MR) is 138 cm³/mol. The summed E-state index contributed by atoms with van der Waals surface area (Å²) in [6.07, 6.45) is 0. The summed E-state index contributed by atoms with van der Waals surface area (Å²) in [6.45, 7) is 7.99. The molecule has 2 heterocycles. The molecule has 0 spiro atoms. The van der Waals surface area contributed by atoms with Crippen molar-refractivity contribution in [1.29, 1.82) is 0 Å². The standard InChI is InChI=1S/C24H22N4S4/c1-15-13-16(2)26-23(25-15)31-29-21-9-5-19(6-10-21)20-7-11-22(12-8-20)30-32-24-27-17(3)14-18(4)28-24/h5-14H,1-4H3. The number of nitrogens with zero attached hydrogens (tertiary/aromatic N) is 4. The minimum absolute atomic E-state index is 0.800. The van der Waals surface area contributed by atoms with Gasteiger partial charge in [0.1, 0.15) is 0 Å². The first-order valence-electron chi connectivity index (χ1n) is 9.99. The molecule has 0 fully saturated rings. The van der Waals surface area contributed by atoms with Crippen molar-refractivity contribution in [3.8, 4) is 11.1 Å². The summed E-state index contributed by atoms with van der Waals surface area (Å²) in [5.41, 5.74) is 6.39.